The zero-order chi connectivity index (χ0) is 14.7. The van der Waals surface area contributed by atoms with Crippen LogP contribution in [0.15, 0.2) is 23.8 Å². The molecule has 0 spiro atoms. The third kappa shape index (κ3) is 1.67. The smallest absolute Gasteiger partial charge is 0.186 e. The van der Waals surface area contributed by atoms with E-state index in [1.165, 1.54) is 5.57 Å². The van der Waals surface area contributed by atoms with Crippen molar-refractivity contribution < 1.29 is 9.90 Å². The number of fused-ring (bicyclic) bond motifs is 3. The van der Waals surface area contributed by atoms with Crippen LogP contribution in [0.3, 0.4) is 0 Å². The van der Waals surface area contributed by atoms with E-state index in [1.807, 2.05) is 25.1 Å². The third-order valence-corrected chi connectivity index (χ3v) is 5.27. The van der Waals surface area contributed by atoms with Gasteiger partial charge in [0.1, 0.15) is 5.75 Å². The maximum Gasteiger partial charge on any atom is 0.186 e. The quantitative estimate of drug-likeness (QED) is 0.763. The van der Waals surface area contributed by atoms with Gasteiger partial charge in [-0.3, -0.25) is 4.79 Å². The van der Waals surface area contributed by atoms with Crippen molar-refractivity contribution in [2.45, 2.75) is 52.4 Å². The lowest BCUT2D eigenvalue weighted by Crippen LogP contribution is -2.41. The first kappa shape index (κ1) is 13.4. The molecular weight excluding hydrogens is 248 g/mol. The molecule has 0 aliphatic heterocycles. The Hall–Kier alpha value is -1.57. The number of ketones is 1. The molecule has 2 heteroatoms. The molecule has 0 bridgehead atoms. The predicted octanol–water partition coefficient (Wildman–Crippen LogP) is 4.29. The van der Waals surface area contributed by atoms with Crippen molar-refractivity contribution >= 4 is 5.78 Å². The van der Waals surface area contributed by atoms with Crippen LogP contribution in [0.25, 0.3) is 0 Å². The minimum absolute atomic E-state index is 0.0564. The maximum atomic E-state index is 12.5. The minimum atomic E-state index is -0.115. The van der Waals surface area contributed by atoms with E-state index in [4.69, 9.17) is 0 Å². The highest BCUT2D eigenvalue weighted by molar-refractivity contribution is 6.08. The van der Waals surface area contributed by atoms with Gasteiger partial charge >= 0.3 is 0 Å². The average Bonchev–Trinajstić information content (AvgIpc) is 2.35. The van der Waals surface area contributed by atoms with Crippen LogP contribution in [-0.4, -0.2) is 10.9 Å². The second-order valence-corrected chi connectivity index (χ2v) is 7.18. The molecular formula is C18H22O2. The molecule has 0 unspecified atom stereocenters. The lowest BCUT2D eigenvalue weighted by molar-refractivity contribution is 0.103. The van der Waals surface area contributed by atoms with Crippen molar-refractivity contribution in [1.82, 2.24) is 0 Å². The standard InChI is InChI=1S/C18H22O2/c1-11-8-12-13(9-14(11)19)18(4)7-5-6-17(2,3)16(18)10-15(12)20/h8-10,19H,5-7H2,1-4H3/t18-/m1/s1. The largest absolute Gasteiger partial charge is 0.508 e. The van der Waals surface area contributed by atoms with E-state index in [1.54, 1.807) is 0 Å². The molecule has 0 saturated heterocycles. The zero-order valence-corrected chi connectivity index (χ0v) is 12.7. The molecule has 1 fully saturated rings. The lowest BCUT2D eigenvalue weighted by atomic mass is 9.55. The summed E-state index contributed by atoms with van der Waals surface area (Å²) in [4.78, 5) is 12.5. The summed E-state index contributed by atoms with van der Waals surface area (Å²) in [6, 6.07) is 3.66. The molecule has 0 amide bonds. The first-order chi connectivity index (χ1) is 9.25. The highest BCUT2D eigenvalue weighted by Gasteiger charge is 2.46. The Morgan fingerprint density at radius 1 is 1.15 bits per heavy atom. The highest BCUT2D eigenvalue weighted by Crippen LogP contribution is 2.55. The number of benzene rings is 1. The van der Waals surface area contributed by atoms with Gasteiger partial charge in [-0.1, -0.05) is 32.8 Å². The molecule has 3 rings (SSSR count). The second-order valence-electron chi connectivity index (χ2n) is 7.18. The zero-order valence-electron chi connectivity index (χ0n) is 12.7. The number of rotatable bonds is 0. The van der Waals surface area contributed by atoms with Crippen molar-refractivity contribution in [3.63, 3.8) is 0 Å². The molecule has 0 heterocycles. The van der Waals surface area contributed by atoms with E-state index < -0.39 is 0 Å². The van der Waals surface area contributed by atoms with Crippen molar-refractivity contribution in [2.24, 2.45) is 5.41 Å². The van der Waals surface area contributed by atoms with Gasteiger partial charge in [-0.2, -0.15) is 0 Å². The fourth-order valence-electron chi connectivity index (χ4n) is 4.10. The van der Waals surface area contributed by atoms with E-state index >= 15 is 0 Å². The Morgan fingerprint density at radius 2 is 1.85 bits per heavy atom. The summed E-state index contributed by atoms with van der Waals surface area (Å²) >= 11 is 0. The Bertz CT molecular complexity index is 637. The summed E-state index contributed by atoms with van der Waals surface area (Å²) in [5.74, 6) is 0.382. The minimum Gasteiger partial charge on any atom is -0.508 e. The molecule has 0 radical (unpaired) electrons. The van der Waals surface area contributed by atoms with E-state index in [0.717, 1.165) is 36.0 Å². The number of aryl methyl sites for hydroxylation is 1. The van der Waals surface area contributed by atoms with E-state index in [-0.39, 0.29) is 16.6 Å². The van der Waals surface area contributed by atoms with Crippen LogP contribution in [0, 0.1) is 12.3 Å². The van der Waals surface area contributed by atoms with Crippen LogP contribution in [0.2, 0.25) is 0 Å². The number of allylic oxidation sites excluding steroid dienone is 2. The molecule has 106 valence electrons. The maximum absolute atomic E-state index is 12.5. The summed E-state index contributed by atoms with van der Waals surface area (Å²) in [7, 11) is 0. The number of carbonyl (C=O) groups is 1. The monoisotopic (exact) mass is 270 g/mol. The van der Waals surface area contributed by atoms with Crippen LogP contribution in [0.4, 0.5) is 0 Å². The van der Waals surface area contributed by atoms with Gasteiger partial charge in [-0.05, 0) is 54.5 Å². The van der Waals surface area contributed by atoms with Gasteiger partial charge in [-0.25, -0.2) is 0 Å². The number of hydrogen-bond donors (Lipinski definition) is 1. The van der Waals surface area contributed by atoms with Gasteiger partial charge in [0, 0.05) is 11.0 Å². The number of phenols is 1. The fraction of sp³-hybridized carbons (Fsp3) is 0.500. The van der Waals surface area contributed by atoms with Crippen LogP contribution >= 0.6 is 0 Å². The van der Waals surface area contributed by atoms with Crippen molar-refractivity contribution in [2.75, 3.05) is 0 Å². The van der Waals surface area contributed by atoms with Crippen molar-refractivity contribution in [3.8, 4) is 5.75 Å². The summed E-state index contributed by atoms with van der Waals surface area (Å²) in [6.45, 7) is 8.51. The van der Waals surface area contributed by atoms with E-state index in [9.17, 15) is 9.90 Å². The molecule has 2 nitrogen and oxygen atoms in total. The summed E-state index contributed by atoms with van der Waals surface area (Å²) in [6.07, 6.45) is 5.18. The lowest BCUT2D eigenvalue weighted by Gasteiger charge is -2.48. The van der Waals surface area contributed by atoms with Gasteiger partial charge in [0.2, 0.25) is 0 Å². The highest BCUT2D eigenvalue weighted by atomic mass is 16.3. The van der Waals surface area contributed by atoms with Crippen LogP contribution in [0.5, 0.6) is 5.75 Å². The van der Waals surface area contributed by atoms with Crippen molar-refractivity contribution in [3.05, 3.63) is 40.5 Å². The molecule has 1 N–H and O–H groups in total. The number of phenolic OH excluding ortho intramolecular Hbond substituents is 1. The van der Waals surface area contributed by atoms with Crippen molar-refractivity contribution in [1.29, 1.82) is 0 Å². The van der Waals surface area contributed by atoms with E-state index in [0.29, 0.717) is 5.75 Å². The molecule has 0 aromatic heterocycles. The number of aromatic hydroxyl groups is 1. The molecule has 2 aliphatic carbocycles. The third-order valence-electron chi connectivity index (χ3n) is 5.27. The van der Waals surface area contributed by atoms with Crippen LogP contribution < -0.4 is 0 Å². The second kappa shape index (κ2) is 3.97. The van der Waals surface area contributed by atoms with Crippen LogP contribution in [-0.2, 0) is 5.41 Å². The molecule has 1 aromatic rings. The summed E-state index contributed by atoms with van der Waals surface area (Å²) in [5.41, 5.74) is 3.72. The van der Waals surface area contributed by atoms with E-state index in [2.05, 4.69) is 20.8 Å². The average molecular weight is 270 g/mol. The summed E-state index contributed by atoms with van der Waals surface area (Å²) in [5, 5.41) is 10.1. The SMILES string of the molecule is Cc1cc2c(cc1O)[C@@]1(C)CCCC(C)(C)C1=CC2=O. The molecule has 20 heavy (non-hydrogen) atoms. The van der Waals surface area contributed by atoms with Gasteiger partial charge in [0.15, 0.2) is 5.78 Å². The predicted molar refractivity (Wildman–Crippen MR) is 80.2 cm³/mol. The molecule has 1 atom stereocenters. The molecule has 2 aliphatic rings. The molecule has 1 saturated carbocycles. The van der Waals surface area contributed by atoms with Gasteiger partial charge < -0.3 is 5.11 Å². The molecule has 1 aromatic carbocycles. The Balaban J connectivity index is 2.28. The van der Waals surface area contributed by atoms with Gasteiger partial charge in [0.05, 0.1) is 0 Å². The number of carbonyl (C=O) groups excluding carboxylic acids is 1. The number of hydrogen-bond acceptors (Lipinski definition) is 2. The van der Waals surface area contributed by atoms with Crippen LogP contribution in [0.1, 0.15) is 61.5 Å². The first-order valence-corrected chi connectivity index (χ1v) is 7.37. The normalized spacial score (nSPS) is 27.6. The van der Waals surface area contributed by atoms with Gasteiger partial charge in [0.25, 0.3) is 0 Å². The Kier molecular flexibility index (Phi) is 2.66. The Morgan fingerprint density at radius 3 is 2.55 bits per heavy atom. The first-order valence-electron chi connectivity index (χ1n) is 7.37. The van der Waals surface area contributed by atoms with Gasteiger partial charge in [-0.15, -0.1) is 0 Å². The topological polar surface area (TPSA) is 37.3 Å². The summed E-state index contributed by atoms with van der Waals surface area (Å²) < 4.78 is 0. The fourth-order valence-corrected chi connectivity index (χ4v) is 4.10. The Labute approximate surface area is 120 Å².